The van der Waals surface area contributed by atoms with Gasteiger partial charge in [-0.3, -0.25) is 0 Å². The highest BCUT2D eigenvalue weighted by molar-refractivity contribution is 7.86. The number of rotatable bonds is 5. The molecule has 23 heavy (non-hydrogen) atoms. The average molecular weight is 335 g/mol. The molecule has 0 amide bonds. The first-order valence-corrected chi connectivity index (χ1v) is 9.05. The lowest BCUT2D eigenvalue weighted by atomic mass is 10.1. The van der Waals surface area contributed by atoms with E-state index in [1.165, 1.54) is 14.2 Å². The maximum atomic E-state index is 12.2. The second-order valence-corrected chi connectivity index (χ2v) is 7.98. The van der Waals surface area contributed by atoms with Gasteiger partial charge in [0, 0.05) is 33.5 Å². The number of fused-ring (bicyclic) bond motifs is 1. The van der Waals surface area contributed by atoms with Crippen molar-refractivity contribution in [1.29, 1.82) is 0 Å². The van der Waals surface area contributed by atoms with Crippen LogP contribution in [-0.2, 0) is 36.0 Å². The first kappa shape index (κ1) is 16.2. The van der Waals surface area contributed by atoms with Crippen molar-refractivity contribution in [2.45, 2.75) is 25.8 Å². The molecule has 0 aliphatic carbocycles. The normalized spacial score (nSPS) is 15.8. The van der Waals surface area contributed by atoms with E-state index in [0.29, 0.717) is 18.9 Å². The maximum absolute atomic E-state index is 12.2. The van der Waals surface area contributed by atoms with Crippen LogP contribution in [0.25, 0.3) is 0 Å². The third-order valence-corrected chi connectivity index (χ3v) is 5.88. The SMILES string of the molecule is CN(C)S(=O)(=O)N1CCc2oc(CCc3ccccc3)nc2C1. The topological polar surface area (TPSA) is 66.7 Å². The molecule has 0 fully saturated rings. The predicted octanol–water partition coefficient (Wildman–Crippen LogP) is 1.62. The van der Waals surface area contributed by atoms with Crippen molar-refractivity contribution in [2.75, 3.05) is 20.6 Å². The molecule has 0 bridgehead atoms. The predicted molar refractivity (Wildman–Crippen MR) is 87.1 cm³/mol. The highest BCUT2D eigenvalue weighted by Crippen LogP contribution is 2.23. The summed E-state index contributed by atoms with van der Waals surface area (Å²) < 4.78 is 32.9. The van der Waals surface area contributed by atoms with Crippen molar-refractivity contribution < 1.29 is 12.8 Å². The minimum Gasteiger partial charge on any atom is -0.445 e. The zero-order valence-electron chi connectivity index (χ0n) is 13.4. The van der Waals surface area contributed by atoms with Gasteiger partial charge in [-0.2, -0.15) is 17.0 Å². The Morgan fingerprint density at radius 2 is 1.96 bits per heavy atom. The van der Waals surface area contributed by atoms with Gasteiger partial charge in [-0.25, -0.2) is 4.98 Å². The summed E-state index contributed by atoms with van der Waals surface area (Å²) in [5.41, 5.74) is 1.98. The molecule has 7 heteroatoms. The largest absolute Gasteiger partial charge is 0.445 e. The van der Waals surface area contributed by atoms with Crippen LogP contribution in [0.3, 0.4) is 0 Å². The van der Waals surface area contributed by atoms with E-state index in [2.05, 4.69) is 17.1 Å². The Bertz CT molecular complexity index is 769. The highest BCUT2D eigenvalue weighted by atomic mass is 32.2. The van der Waals surface area contributed by atoms with Gasteiger partial charge in [0.25, 0.3) is 10.2 Å². The number of aryl methyl sites for hydroxylation is 2. The summed E-state index contributed by atoms with van der Waals surface area (Å²) in [6.07, 6.45) is 2.15. The minimum atomic E-state index is -3.40. The third-order valence-electron chi connectivity index (χ3n) is 4.00. The molecule has 1 aliphatic heterocycles. The number of hydrogen-bond acceptors (Lipinski definition) is 4. The van der Waals surface area contributed by atoms with Gasteiger partial charge < -0.3 is 4.42 Å². The van der Waals surface area contributed by atoms with Gasteiger partial charge in [-0.15, -0.1) is 0 Å². The van der Waals surface area contributed by atoms with Crippen molar-refractivity contribution in [1.82, 2.24) is 13.6 Å². The van der Waals surface area contributed by atoms with Crippen LogP contribution in [0.1, 0.15) is 22.9 Å². The van der Waals surface area contributed by atoms with Gasteiger partial charge in [0.05, 0.1) is 12.2 Å². The molecule has 124 valence electrons. The summed E-state index contributed by atoms with van der Waals surface area (Å²) in [5.74, 6) is 1.50. The maximum Gasteiger partial charge on any atom is 0.281 e. The molecular weight excluding hydrogens is 314 g/mol. The Labute approximate surface area is 136 Å². The number of nitrogens with zero attached hydrogens (tertiary/aromatic N) is 3. The highest BCUT2D eigenvalue weighted by Gasteiger charge is 2.31. The minimum absolute atomic E-state index is 0.282. The summed E-state index contributed by atoms with van der Waals surface area (Å²) >= 11 is 0. The zero-order chi connectivity index (χ0) is 16.4. The molecule has 1 aromatic heterocycles. The van der Waals surface area contributed by atoms with Crippen molar-refractivity contribution in [3.63, 3.8) is 0 Å². The third kappa shape index (κ3) is 3.46. The van der Waals surface area contributed by atoms with Gasteiger partial charge in [0.1, 0.15) is 5.76 Å². The molecular formula is C16H21N3O3S. The monoisotopic (exact) mass is 335 g/mol. The molecule has 0 saturated heterocycles. The molecule has 6 nitrogen and oxygen atoms in total. The summed E-state index contributed by atoms with van der Waals surface area (Å²) in [5, 5.41) is 0. The molecule has 0 radical (unpaired) electrons. The lowest BCUT2D eigenvalue weighted by Crippen LogP contribution is -2.42. The number of aromatic nitrogens is 1. The quantitative estimate of drug-likeness (QED) is 0.833. The van der Waals surface area contributed by atoms with Gasteiger partial charge in [0.2, 0.25) is 0 Å². The van der Waals surface area contributed by atoms with Crippen LogP contribution < -0.4 is 0 Å². The summed E-state index contributed by atoms with van der Waals surface area (Å²) in [6.45, 7) is 0.714. The first-order valence-electron chi connectivity index (χ1n) is 7.66. The van der Waals surface area contributed by atoms with Gasteiger partial charge in [0.15, 0.2) is 5.89 Å². The Morgan fingerprint density at radius 1 is 1.22 bits per heavy atom. The number of benzene rings is 1. The molecule has 1 aliphatic rings. The van der Waals surface area contributed by atoms with E-state index in [-0.39, 0.29) is 6.54 Å². The van der Waals surface area contributed by atoms with Crippen LogP contribution in [0.2, 0.25) is 0 Å². The molecule has 0 N–H and O–H groups in total. The fraction of sp³-hybridized carbons (Fsp3) is 0.438. The zero-order valence-corrected chi connectivity index (χ0v) is 14.2. The van der Waals surface area contributed by atoms with E-state index >= 15 is 0 Å². The van der Waals surface area contributed by atoms with Crippen molar-refractivity contribution in [3.8, 4) is 0 Å². The molecule has 3 rings (SSSR count). The first-order chi connectivity index (χ1) is 11.0. The lowest BCUT2D eigenvalue weighted by molar-refractivity contribution is 0.335. The average Bonchev–Trinajstić information content (AvgIpc) is 2.95. The van der Waals surface area contributed by atoms with E-state index in [1.54, 1.807) is 14.1 Å². The van der Waals surface area contributed by atoms with Crippen LogP contribution in [0.5, 0.6) is 0 Å². The van der Waals surface area contributed by atoms with Crippen molar-refractivity contribution in [2.24, 2.45) is 0 Å². The second-order valence-electron chi connectivity index (χ2n) is 5.84. The lowest BCUT2D eigenvalue weighted by Gasteiger charge is -2.27. The Kier molecular flexibility index (Phi) is 4.52. The molecule has 1 aromatic carbocycles. The van der Waals surface area contributed by atoms with E-state index in [1.807, 2.05) is 18.2 Å². The van der Waals surface area contributed by atoms with Crippen molar-refractivity contribution >= 4 is 10.2 Å². The second kappa shape index (κ2) is 6.43. The standard InChI is InChI=1S/C16H21N3O3S/c1-18(2)23(20,21)19-11-10-15-14(12-19)17-16(22-15)9-8-13-6-4-3-5-7-13/h3-7H,8-12H2,1-2H3. The molecule has 0 unspecified atom stereocenters. The molecule has 0 atom stereocenters. The van der Waals surface area contributed by atoms with Crippen LogP contribution in [0.4, 0.5) is 0 Å². The van der Waals surface area contributed by atoms with E-state index < -0.39 is 10.2 Å². The van der Waals surface area contributed by atoms with Gasteiger partial charge in [-0.05, 0) is 12.0 Å². The van der Waals surface area contributed by atoms with Crippen molar-refractivity contribution in [3.05, 3.63) is 53.2 Å². The smallest absolute Gasteiger partial charge is 0.281 e. The molecule has 2 aromatic rings. The van der Waals surface area contributed by atoms with Gasteiger partial charge >= 0.3 is 0 Å². The number of oxazole rings is 1. The summed E-state index contributed by atoms with van der Waals surface area (Å²) in [6, 6.07) is 10.2. The number of hydrogen-bond donors (Lipinski definition) is 0. The van der Waals surface area contributed by atoms with Crippen LogP contribution >= 0.6 is 0 Å². The van der Waals surface area contributed by atoms with E-state index in [9.17, 15) is 8.42 Å². The van der Waals surface area contributed by atoms with E-state index in [0.717, 1.165) is 24.3 Å². The Balaban J connectivity index is 1.69. The molecule has 0 spiro atoms. The van der Waals surface area contributed by atoms with Gasteiger partial charge in [-0.1, -0.05) is 30.3 Å². The molecule has 0 saturated carbocycles. The van der Waals surface area contributed by atoms with Crippen LogP contribution in [0, 0.1) is 0 Å². The summed E-state index contributed by atoms with van der Waals surface area (Å²) in [7, 11) is -0.322. The Hall–Kier alpha value is -1.70. The fourth-order valence-electron chi connectivity index (χ4n) is 2.66. The van der Waals surface area contributed by atoms with E-state index in [4.69, 9.17) is 4.42 Å². The fourth-order valence-corrected chi connectivity index (χ4v) is 3.73. The molecule has 2 heterocycles. The van der Waals surface area contributed by atoms with Crippen LogP contribution in [-0.4, -0.2) is 42.7 Å². The summed E-state index contributed by atoms with van der Waals surface area (Å²) in [4.78, 5) is 4.50. The van der Waals surface area contributed by atoms with Crippen LogP contribution in [0.15, 0.2) is 34.7 Å². The Morgan fingerprint density at radius 3 is 2.65 bits per heavy atom.